The van der Waals surface area contributed by atoms with Crippen molar-refractivity contribution in [2.24, 2.45) is 5.92 Å². The van der Waals surface area contributed by atoms with Crippen LogP contribution in [0.2, 0.25) is 0 Å². The number of carbonyl (C=O) groups excluding carboxylic acids is 1. The van der Waals surface area contributed by atoms with E-state index in [0.717, 1.165) is 12.8 Å². The minimum absolute atomic E-state index is 0.0498. The Bertz CT molecular complexity index is 533. The van der Waals surface area contributed by atoms with Gasteiger partial charge in [-0.1, -0.05) is 12.1 Å². The standard InChI is InChI=1S/C14H15NO5/c16-12(9-5-6-9)15-11(14(19)20)7-8-1-3-10(4-2-8)13(17)18/h1-4,9,11H,5-7H2,(H,15,16)(H,17,18)(H,19,20)/t11-/m1/s1. The number of carboxylic acids is 2. The summed E-state index contributed by atoms with van der Waals surface area (Å²) in [5, 5.41) is 20.4. The minimum Gasteiger partial charge on any atom is -0.480 e. The molecule has 3 N–H and O–H groups in total. The fourth-order valence-electron chi connectivity index (χ4n) is 1.85. The molecule has 1 aliphatic carbocycles. The Morgan fingerprint density at radius 2 is 1.75 bits per heavy atom. The van der Waals surface area contributed by atoms with Crippen molar-refractivity contribution in [2.45, 2.75) is 25.3 Å². The third-order valence-electron chi connectivity index (χ3n) is 3.20. The molecule has 1 amide bonds. The summed E-state index contributed by atoms with van der Waals surface area (Å²) in [5.41, 5.74) is 0.807. The number of hydrogen-bond donors (Lipinski definition) is 3. The zero-order valence-electron chi connectivity index (χ0n) is 10.7. The summed E-state index contributed by atoms with van der Waals surface area (Å²) in [6.45, 7) is 0. The van der Waals surface area contributed by atoms with E-state index in [9.17, 15) is 14.4 Å². The van der Waals surface area contributed by atoms with Gasteiger partial charge in [-0.25, -0.2) is 9.59 Å². The number of aromatic carboxylic acids is 1. The van der Waals surface area contributed by atoms with E-state index in [1.807, 2.05) is 0 Å². The van der Waals surface area contributed by atoms with Gasteiger partial charge in [-0.2, -0.15) is 0 Å². The summed E-state index contributed by atoms with van der Waals surface area (Å²) in [4.78, 5) is 33.5. The fraction of sp³-hybridized carbons (Fsp3) is 0.357. The van der Waals surface area contributed by atoms with E-state index >= 15 is 0 Å². The maximum absolute atomic E-state index is 11.6. The van der Waals surface area contributed by atoms with Gasteiger partial charge in [0.1, 0.15) is 6.04 Å². The molecule has 0 radical (unpaired) electrons. The van der Waals surface area contributed by atoms with E-state index in [-0.39, 0.29) is 23.8 Å². The zero-order valence-corrected chi connectivity index (χ0v) is 10.7. The summed E-state index contributed by atoms with van der Waals surface area (Å²) in [7, 11) is 0. The number of benzene rings is 1. The average molecular weight is 277 g/mol. The first kappa shape index (κ1) is 14.0. The SMILES string of the molecule is O=C(O)c1ccc(C[C@@H](NC(=O)C2CC2)C(=O)O)cc1. The van der Waals surface area contributed by atoms with Gasteiger partial charge in [-0.3, -0.25) is 4.79 Å². The van der Waals surface area contributed by atoms with Crippen molar-refractivity contribution in [3.05, 3.63) is 35.4 Å². The molecule has 0 heterocycles. The van der Waals surface area contributed by atoms with Crippen molar-refractivity contribution in [3.63, 3.8) is 0 Å². The normalized spacial score (nSPS) is 15.4. The third-order valence-corrected chi connectivity index (χ3v) is 3.20. The summed E-state index contributed by atoms with van der Waals surface area (Å²) in [6, 6.07) is 4.96. The number of rotatable bonds is 6. The number of aliphatic carboxylic acids is 1. The van der Waals surface area contributed by atoms with Gasteiger partial charge in [-0.05, 0) is 30.5 Å². The van der Waals surface area contributed by atoms with Crippen molar-refractivity contribution in [3.8, 4) is 0 Å². The average Bonchev–Trinajstić information content (AvgIpc) is 3.22. The topological polar surface area (TPSA) is 104 Å². The van der Waals surface area contributed by atoms with E-state index in [1.165, 1.54) is 12.1 Å². The molecule has 1 aromatic rings. The van der Waals surface area contributed by atoms with Crippen LogP contribution in [0.1, 0.15) is 28.8 Å². The Labute approximate surface area is 115 Å². The van der Waals surface area contributed by atoms with Crippen LogP contribution in [0.15, 0.2) is 24.3 Å². The van der Waals surface area contributed by atoms with E-state index in [1.54, 1.807) is 12.1 Å². The van der Waals surface area contributed by atoms with Crippen LogP contribution in [-0.4, -0.2) is 34.1 Å². The molecule has 1 fully saturated rings. The largest absolute Gasteiger partial charge is 0.480 e. The van der Waals surface area contributed by atoms with Gasteiger partial charge in [0, 0.05) is 12.3 Å². The molecular formula is C14H15NO5. The molecular weight excluding hydrogens is 262 g/mol. The first-order valence-electron chi connectivity index (χ1n) is 6.33. The number of hydrogen-bond acceptors (Lipinski definition) is 3. The van der Waals surface area contributed by atoms with E-state index in [0.29, 0.717) is 5.56 Å². The molecule has 0 aromatic heterocycles. The summed E-state index contributed by atoms with van der Waals surface area (Å²) >= 11 is 0. The molecule has 0 saturated heterocycles. The van der Waals surface area contributed by atoms with Crippen LogP contribution in [0.4, 0.5) is 0 Å². The van der Waals surface area contributed by atoms with Crippen molar-refractivity contribution >= 4 is 17.8 Å². The van der Waals surface area contributed by atoms with E-state index in [2.05, 4.69) is 5.32 Å². The highest BCUT2D eigenvalue weighted by atomic mass is 16.4. The molecule has 1 aromatic carbocycles. The fourth-order valence-corrected chi connectivity index (χ4v) is 1.85. The molecule has 0 aliphatic heterocycles. The van der Waals surface area contributed by atoms with Crippen molar-refractivity contribution in [1.82, 2.24) is 5.32 Å². The van der Waals surface area contributed by atoms with E-state index in [4.69, 9.17) is 10.2 Å². The Balaban J connectivity index is 2.01. The summed E-state index contributed by atoms with van der Waals surface area (Å²) in [5.74, 6) is -2.40. The van der Waals surface area contributed by atoms with Crippen LogP contribution in [0.25, 0.3) is 0 Å². The van der Waals surface area contributed by atoms with Crippen molar-refractivity contribution in [2.75, 3.05) is 0 Å². The van der Waals surface area contributed by atoms with Gasteiger partial charge in [0.25, 0.3) is 0 Å². The third kappa shape index (κ3) is 3.57. The molecule has 1 atom stereocenters. The second-order valence-corrected chi connectivity index (χ2v) is 4.88. The molecule has 20 heavy (non-hydrogen) atoms. The number of nitrogens with one attached hydrogen (secondary N) is 1. The first-order chi connectivity index (χ1) is 9.47. The maximum atomic E-state index is 11.6. The zero-order chi connectivity index (χ0) is 14.7. The van der Waals surface area contributed by atoms with Gasteiger partial charge in [0.2, 0.25) is 5.91 Å². The quantitative estimate of drug-likeness (QED) is 0.717. The van der Waals surface area contributed by atoms with Crippen molar-refractivity contribution in [1.29, 1.82) is 0 Å². The molecule has 106 valence electrons. The molecule has 0 bridgehead atoms. The first-order valence-corrected chi connectivity index (χ1v) is 6.33. The maximum Gasteiger partial charge on any atom is 0.335 e. The van der Waals surface area contributed by atoms with Gasteiger partial charge in [-0.15, -0.1) is 0 Å². The molecule has 1 saturated carbocycles. The highest BCUT2D eigenvalue weighted by Gasteiger charge is 2.32. The number of amides is 1. The van der Waals surface area contributed by atoms with Gasteiger partial charge in [0.15, 0.2) is 0 Å². The van der Waals surface area contributed by atoms with Gasteiger partial charge in [0.05, 0.1) is 5.56 Å². The lowest BCUT2D eigenvalue weighted by Gasteiger charge is -2.14. The second kappa shape index (κ2) is 5.73. The van der Waals surface area contributed by atoms with Crippen molar-refractivity contribution < 1.29 is 24.6 Å². The second-order valence-electron chi connectivity index (χ2n) is 4.88. The molecule has 2 rings (SSSR count). The molecule has 0 spiro atoms. The molecule has 1 aliphatic rings. The smallest absolute Gasteiger partial charge is 0.335 e. The van der Waals surface area contributed by atoms with Gasteiger partial charge < -0.3 is 15.5 Å². The van der Waals surface area contributed by atoms with Crippen LogP contribution in [0.3, 0.4) is 0 Å². The lowest BCUT2D eigenvalue weighted by molar-refractivity contribution is -0.142. The van der Waals surface area contributed by atoms with Crippen LogP contribution in [-0.2, 0) is 16.0 Å². The Morgan fingerprint density at radius 3 is 2.20 bits per heavy atom. The van der Waals surface area contributed by atoms with Crippen LogP contribution in [0, 0.1) is 5.92 Å². The Hall–Kier alpha value is -2.37. The molecule has 6 nitrogen and oxygen atoms in total. The van der Waals surface area contributed by atoms with Gasteiger partial charge >= 0.3 is 11.9 Å². The van der Waals surface area contributed by atoms with E-state index < -0.39 is 18.0 Å². The lowest BCUT2D eigenvalue weighted by Crippen LogP contribution is -2.43. The number of carbonyl (C=O) groups is 3. The predicted octanol–water partition coefficient (Wildman–Crippen LogP) is 0.907. The highest BCUT2D eigenvalue weighted by Crippen LogP contribution is 2.29. The summed E-state index contributed by atoms with van der Waals surface area (Å²) < 4.78 is 0. The Morgan fingerprint density at radius 1 is 1.15 bits per heavy atom. The minimum atomic E-state index is -1.10. The molecule has 0 unspecified atom stereocenters. The monoisotopic (exact) mass is 277 g/mol. The molecule has 6 heteroatoms. The van der Waals surface area contributed by atoms with Crippen LogP contribution < -0.4 is 5.32 Å². The lowest BCUT2D eigenvalue weighted by atomic mass is 10.0. The highest BCUT2D eigenvalue weighted by molar-refractivity contribution is 5.88. The van der Waals surface area contributed by atoms with Crippen LogP contribution >= 0.6 is 0 Å². The van der Waals surface area contributed by atoms with Crippen LogP contribution in [0.5, 0.6) is 0 Å². The summed E-state index contributed by atoms with van der Waals surface area (Å²) in [6.07, 6.45) is 1.75. The number of carboxylic acid groups (broad SMARTS) is 2. The predicted molar refractivity (Wildman–Crippen MR) is 69.4 cm³/mol. The Kier molecular flexibility index (Phi) is 4.02.